The number of rotatable bonds is 8. The first-order valence-corrected chi connectivity index (χ1v) is 15.7. The van der Waals surface area contributed by atoms with Gasteiger partial charge in [-0.25, -0.2) is 14.4 Å². The summed E-state index contributed by atoms with van der Waals surface area (Å²) in [5, 5.41) is 9.80. The van der Waals surface area contributed by atoms with Crippen molar-refractivity contribution in [1.82, 2.24) is 9.55 Å². The summed E-state index contributed by atoms with van der Waals surface area (Å²) in [5.41, 5.74) is 1.90. The first-order chi connectivity index (χ1) is 18.1. The van der Waals surface area contributed by atoms with Crippen LogP contribution >= 0.6 is 0 Å². The predicted octanol–water partition coefficient (Wildman–Crippen LogP) is 2.51. The molecule has 4 unspecified atom stereocenters. The molecule has 1 fully saturated rings. The summed E-state index contributed by atoms with van der Waals surface area (Å²) in [6.07, 6.45) is -2.98. The molecule has 0 bridgehead atoms. The van der Waals surface area contributed by atoms with Gasteiger partial charge in [0.15, 0.2) is 27.3 Å². The minimum atomic E-state index is -2.53. The van der Waals surface area contributed by atoms with Gasteiger partial charge in [-0.1, -0.05) is 20.8 Å². The SMILES string of the molecule is Cc1cc(C(=O)OCC(=O)OC2C(CO)OC(n3ccc(=O)[nH]c3=O)C2O[Si](C)(C)C(C)(C)C)cc(C)c1C. The fourth-order valence-electron chi connectivity index (χ4n) is 4.04. The van der Waals surface area contributed by atoms with Gasteiger partial charge in [-0.2, -0.15) is 0 Å². The van der Waals surface area contributed by atoms with E-state index < -0.39 is 69.3 Å². The molecule has 1 aromatic heterocycles. The summed E-state index contributed by atoms with van der Waals surface area (Å²) in [6, 6.07) is 4.55. The maximum atomic E-state index is 12.9. The second-order valence-corrected chi connectivity index (χ2v) is 16.1. The second kappa shape index (κ2) is 11.6. The molecule has 1 saturated heterocycles. The van der Waals surface area contributed by atoms with Crippen molar-refractivity contribution in [1.29, 1.82) is 0 Å². The Morgan fingerprint density at radius 3 is 2.26 bits per heavy atom. The molecular weight excluding hydrogens is 524 g/mol. The normalized spacial score (nSPS) is 21.6. The molecular formula is C27H38N2O9Si. The quantitative estimate of drug-likeness (QED) is 0.366. The van der Waals surface area contributed by atoms with Crippen molar-refractivity contribution in [2.75, 3.05) is 13.2 Å². The number of benzene rings is 1. The molecule has 0 saturated carbocycles. The van der Waals surface area contributed by atoms with Crippen LogP contribution in [0, 0.1) is 20.8 Å². The van der Waals surface area contributed by atoms with E-state index in [0.29, 0.717) is 5.56 Å². The summed E-state index contributed by atoms with van der Waals surface area (Å²) >= 11 is 0. The number of aliphatic hydroxyl groups is 1. The number of ether oxygens (including phenoxy) is 3. The number of nitrogens with one attached hydrogen (secondary N) is 1. The van der Waals surface area contributed by atoms with E-state index in [0.717, 1.165) is 27.3 Å². The van der Waals surface area contributed by atoms with Gasteiger partial charge in [-0.15, -0.1) is 0 Å². The first-order valence-electron chi connectivity index (χ1n) is 12.8. The monoisotopic (exact) mass is 562 g/mol. The lowest BCUT2D eigenvalue weighted by Gasteiger charge is -2.40. The zero-order chi connectivity index (χ0) is 29.3. The topological polar surface area (TPSA) is 146 Å². The molecule has 39 heavy (non-hydrogen) atoms. The minimum absolute atomic E-state index is 0.251. The highest BCUT2D eigenvalue weighted by Gasteiger charge is 2.52. The summed E-state index contributed by atoms with van der Waals surface area (Å²) in [5.74, 6) is -1.54. The fraction of sp³-hybridized carbons (Fsp3) is 0.556. The maximum absolute atomic E-state index is 12.9. The van der Waals surface area contributed by atoms with Crippen molar-refractivity contribution in [2.24, 2.45) is 0 Å². The zero-order valence-electron chi connectivity index (χ0n) is 23.7. The van der Waals surface area contributed by atoms with Crippen LogP contribution < -0.4 is 11.2 Å². The molecule has 12 heteroatoms. The first kappa shape index (κ1) is 30.5. The molecule has 0 amide bonds. The van der Waals surface area contributed by atoms with Crippen molar-refractivity contribution in [2.45, 2.75) is 84.2 Å². The number of esters is 2. The van der Waals surface area contributed by atoms with Gasteiger partial charge in [-0.3, -0.25) is 14.3 Å². The standard InChI is InChI=1S/C27H38N2O9Si/c1-15-11-18(12-16(2)17(15)3)25(33)35-14-21(32)37-22-19(13-30)36-24(29-10-9-20(31)28-26(29)34)23(22)38-39(7,8)27(4,5)6/h9-12,19,22-24,30H,13-14H2,1-8H3,(H,28,31,34). The van der Waals surface area contributed by atoms with E-state index in [1.54, 1.807) is 12.1 Å². The molecule has 0 aliphatic carbocycles. The van der Waals surface area contributed by atoms with E-state index >= 15 is 0 Å². The van der Waals surface area contributed by atoms with Gasteiger partial charge in [0, 0.05) is 12.3 Å². The third-order valence-electron chi connectivity index (χ3n) is 7.58. The van der Waals surface area contributed by atoms with E-state index in [9.17, 15) is 24.3 Å². The molecule has 2 aromatic rings. The van der Waals surface area contributed by atoms with Crippen LogP contribution in [0.5, 0.6) is 0 Å². The van der Waals surface area contributed by atoms with E-state index in [1.165, 1.54) is 6.20 Å². The summed E-state index contributed by atoms with van der Waals surface area (Å²) in [4.78, 5) is 51.9. The Labute approximate surface area is 228 Å². The summed E-state index contributed by atoms with van der Waals surface area (Å²) in [6.45, 7) is 14.6. The molecule has 214 valence electrons. The molecule has 2 N–H and O–H groups in total. The van der Waals surface area contributed by atoms with Gasteiger partial charge in [0.2, 0.25) is 0 Å². The number of aryl methyl sites for hydroxylation is 2. The van der Waals surface area contributed by atoms with Crippen LogP contribution in [-0.2, 0) is 23.4 Å². The molecule has 4 atom stereocenters. The lowest BCUT2D eigenvalue weighted by molar-refractivity contribution is -0.159. The number of H-pyrrole nitrogens is 1. The van der Waals surface area contributed by atoms with Gasteiger partial charge in [0.25, 0.3) is 5.56 Å². The van der Waals surface area contributed by atoms with E-state index in [1.807, 2.05) is 54.6 Å². The van der Waals surface area contributed by atoms with Crippen LogP contribution in [0.4, 0.5) is 0 Å². The molecule has 1 aliphatic heterocycles. The van der Waals surface area contributed by atoms with Gasteiger partial charge in [-0.05, 0) is 67.7 Å². The third kappa shape index (κ3) is 6.75. The molecule has 0 radical (unpaired) electrons. The number of carbonyl (C=O) groups excluding carboxylic acids is 2. The zero-order valence-corrected chi connectivity index (χ0v) is 24.7. The Hall–Kier alpha value is -3.06. The molecule has 3 rings (SSSR count). The van der Waals surface area contributed by atoms with Crippen molar-refractivity contribution in [3.05, 3.63) is 67.5 Å². The minimum Gasteiger partial charge on any atom is -0.454 e. The van der Waals surface area contributed by atoms with Crippen LogP contribution in [0.3, 0.4) is 0 Å². The van der Waals surface area contributed by atoms with Gasteiger partial charge < -0.3 is 23.7 Å². The van der Waals surface area contributed by atoms with Gasteiger partial charge in [0.1, 0.15) is 12.2 Å². The van der Waals surface area contributed by atoms with Crippen molar-refractivity contribution < 1.29 is 33.3 Å². The molecule has 0 spiro atoms. The maximum Gasteiger partial charge on any atom is 0.344 e. The highest BCUT2D eigenvalue weighted by molar-refractivity contribution is 6.74. The molecule has 1 aromatic carbocycles. The van der Waals surface area contributed by atoms with Crippen molar-refractivity contribution in [3.63, 3.8) is 0 Å². The Balaban J connectivity index is 1.85. The third-order valence-corrected chi connectivity index (χ3v) is 12.1. The predicted molar refractivity (Wildman–Crippen MR) is 145 cm³/mol. The van der Waals surface area contributed by atoms with Gasteiger partial charge >= 0.3 is 17.6 Å². The van der Waals surface area contributed by atoms with Crippen LogP contribution in [0.2, 0.25) is 18.1 Å². The summed E-state index contributed by atoms with van der Waals surface area (Å²) < 4.78 is 24.5. The van der Waals surface area contributed by atoms with Crippen LogP contribution in [-0.4, -0.2) is 66.4 Å². The Kier molecular flexibility index (Phi) is 9.05. The van der Waals surface area contributed by atoms with E-state index in [2.05, 4.69) is 4.98 Å². The Bertz CT molecular complexity index is 1320. The highest BCUT2D eigenvalue weighted by atomic mass is 28.4. The number of aromatic amines is 1. The average Bonchev–Trinajstić information content (AvgIpc) is 3.15. The summed E-state index contributed by atoms with van der Waals surface area (Å²) in [7, 11) is -2.53. The Morgan fingerprint density at radius 1 is 1.10 bits per heavy atom. The lowest BCUT2D eigenvalue weighted by atomic mass is 10.0. The van der Waals surface area contributed by atoms with Crippen molar-refractivity contribution >= 4 is 20.3 Å². The number of carbonyl (C=O) groups is 2. The van der Waals surface area contributed by atoms with E-state index in [-0.39, 0.29) is 5.04 Å². The average molecular weight is 563 g/mol. The second-order valence-electron chi connectivity index (χ2n) is 11.4. The number of hydrogen-bond donors (Lipinski definition) is 2. The van der Waals surface area contributed by atoms with Crippen LogP contribution in [0.15, 0.2) is 34.0 Å². The van der Waals surface area contributed by atoms with E-state index in [4.69, 9.17) is 18.6 Å². The Morgan fingerprint density at radius 2 is 1.72 bits per heavy atom. The van der Waals surface area contributed by atoms with Crippen molar-refractivity contribution in [3.8, 4) is 0 Å². The molecule has 2 heterocycles. The molecule has 1 aliphatic rings. The molecule has 11 nitrogen and oxygen atoms in total. The van der Waals surface area contributed by atoms with Crippen LogP contribution in [0.25, 0.3) is 0 Å². The number of aliphatic hydroxyl groups excluding tert-OH is 1. The number of hydrogen-bond acceptors (Lipinski definition) is 9. The largest absolute Gasteiger partial charge is 0.454 e. The highest BCUT2D eigenvalue weighted by Crippen LogP contribution is 2.42. The number of aromatic nitrogens is 2. The number of nitrogens with zero attached hydrogens (tertiary/aromatic N) is 1. The lowest BCUT2D eigenvalue weighted by Crippen LogP contribution is -2.51. The smallest absolute Gasteiger partial charge is 0.344 e. The fourth-order valence-corrected chi connectivity index (χ4v) is 5.32. The van der Waals surface area contributed by atoms with Crippen LogP contribution in [0.1, 0.15) is 54.0 Å². The van der Waals surface area contributed by atoms with Gasteiger partial charge in [0.05, 0.1) is 12.2 Å².